The van der Waals surface area contributed by atoms with Crippen molar-refractivity contribution in [1.29, 1.82) is 0 Å². The number of para-hydroxylation sites is 2. The van der Waals surface area contributed by atoms with E-state index in [4.69, 9.17) is 0 Å². The van der Waals surface area contributed by atoms with Crippen LogP contribution in [-0.4, -0.2) is 27.0 Å². The molecule has 5 nitrogen and oxygen atoms in total. The van der Waals surface area contributed by atoms with Crippen LogP contribution in [0, 0.1) is 11.6 Å². The van der Waals surface area contributed by atoms with Crippen LogP contribution >= 0.6 is 0 Å². The molecule has 1 heterocycles. The highest BCUT2D eigenvalue weighted by Crippen LogP contribution is 2.22. The van der Waals surface area contributed by atoms with Crippen molar-refractivity contribution in [2.45, 2.75) is 45.8 Å². The highest BCUT2D eigenvalue weighted by Gasteiger charge is 2.20. The maximum atomic E-state index is 13.5. The molecule has 3 rings (SSSR count). The van der Waals surface area contributed by atoms with Gasteiger partial charge in [-0.25, -0.2) is 13.6 Å². The number of hydrogen-bond acceptors (Lipinski definition) is 2. The zero-order valence-electron chi connectivity index (χ0n) is 16.9. The molecule has 0 bridgehead atoms. The summed E-state index contributed by atoms with van der Waals surface area (Å²) in [5, 5.41) is 0. The molecule has 1 atom stereocenters. The van der Waals surface area contributed by atoms with E-state index < -0.39 is 17.7 Å². The summed E-state index contributed by atoms with van der Waals surface area (Å²) in [7, 11) is 1.62. The fourth-order valence-electron chi connectivity index (χ4n) is 3.52. The molecule has 0 fully saturated rings. The van der Waals surface area contributed by atoms with Crippen LogP contribution < -0.4 is 5.69 Å². The Morgan fingerprint density at radius 2 is 1.66 bits per heavy atom. The number of amides is 1. The Morgan fingerprint density at radius 3 is 2.24 bits per heavy atom. The van der Waals surface area contributed by atoms with E-state index >= 15 is 0 Å². The number of aryl methyl sites for hydroxylation is 2. The molecule has 29 heavy (non-hydrogen) atoms. The van der Waals surface area contributed by atoms with Crippen LogP contribution in [-0.2, 0) is 17.9 Å². The van der Waals surface area contributed by atoms with E-state index in [1.807, 2.05) is 31.2 Å². The van der Waals surface area contributed by atoms with Gasteiger partial charge < -0.3 is 4.90 Å². The number of carbonyl (C=O) groups is 1. The van der Waals surface area contributed by atoms with Crippen LogP contribution in [0.1, 0.15) is 38.3 Å². The Balaban J connectivity index is 1.77. The second-order valence-electron chi connectivity index (χ2n) is 7.18. The Hall–Kier alpha value is -2.96. The lowest BCUT2D eigenvalue weighted by Gasteiger charge is -2.25. The molecule has 0 spiro atoms. The number of halogens is 2. The first-order valence-corrected chi connectivity index (χ1v) is 9.73. The molecule has 0 N–H and O–H groups in total. The lowest BCUT2D eigenvalue weighted by Crippen LogP contribution is -2.32. The minimum Gasteiger partial charge on any atom is -0.339 e. The van der Waals surface area contributed by atoms with E-state index in [0.717, 1.165) is 29.6 Å². The first-order valence-electron chi connectivity index (χ1n) is 9.73. The predicted octanol–water partition coefficient (Wildman–Crippen LogP) is 4.10. The van der Waals surface area contributed by atoms with Gasteiger partial charge in [-0.05, 0) is 43.2 Å². The molecule has 1 aromatic heterocycles. The third-order valence-corrected chi connectivity index (χ3v) is 5.32. The second kappa shape index (κ2) is 8.59. The van der Waals surface area contributed by atoms with Gasteiger partial charge in [0.15, 0.2) is 11.6 Å². The molecule has 0 saturated heterocycles. The van der Waals surface area contributed by atoms with E-state index in [9.17, 15) is 18.4 Å². The van der Waals surface area contributed by atoms with E-state index in [-0.39, 0.29) is 24.6 Å². The monoisotopic (exact) mass is 401 g/mol. The van der Waals surface area contributed by atoms with E-state index in [1.165, 1.54) is 11.0 Å². The number of benzene rings is 2. The minimum atomic E-state index is -0.939. The van der Waals surface area contributed by atoms with Crippen LogP contribution in [0.25, 0.3) is 11.0 Å². The number of aromatic nitrogens is 2. The van der Waals surface area contributed by atoms with Gasteiger partial charge in [-0.2, -0.15) is 0 Å². The second-order valence-corrected chi connectivity index (χ2v) is 7.18. The fourth-order valence-corrected chi connectivity index (χ4v) is 3.52. The molecule has 0 radical (unpaired) electrons. The van der Waals surface area contributed by atoms with E-state index in [1.54, 1.807) is 23.1 Å². The molecule has 3 aromatic rings. The summed E-state index contributed by atoms with van der Waals surface area (Å²) in [6.07, 6.45) is 0.964. The summed E-state index contributed by atoms with van der Waals surface area (Å²) in [6, 6.07) is 10.7. The van der Waals surface area contributed by atoms with Gasteiger partial charge in [0.1, 0.15) is 0 Å². The van der Waals surface area contributed by atoms with Crippen molar-refractivity contribution in [1.82, 2.24) is 14.0 Å². The third kappa shape index (κ3) is 4.09. The van der Waals surface area contributed by atoms with Crippen molar-refractivity contribution in [3.63, 3.8) is 0 Å². The van der Waals surface area contributed by atoms with Crippen molar-refractivity contribution in [2.75, 3.05) is 7.05 Å². The molecular weight excluding hydrogens is 376 g/mol. The van der Waals surface area contributed by atoms with Crippen LogP contribution in [0.15, 0.2) is 47.3 Å². The predicted molar refractivity (Wildman–Crippen MR) is 109 cm³/mol. The molecule has 0 aliphatic carbocycles. The van der Waals surface area contributed by atoms with Gasteiger partial charge in [0.05, 0.1) is 17.1 Å². The molecule has 0 saturated carbocycles. The SMILES string of the molecule is CCCn1c(=O)n(CCC(=O)N(C)C(C)c2ccc(F)c(F)c2)c2ccccc21. The standard InChI is InChI=1S/C22H25F2N3O2/c1-4-12-26-19-7-5-6-8-20(19)27(22(26)29)13-11-21(28)25(3)15(2)16-9-10-17(23)18(24)14-16/h5-10,14-15H,4,11-13H2,1-3H3. The van der Waals surface area contributed by atoms with Gasteiger partial charge in [-0.1, -0.05) is 25.1 Å². The van der Waals surface area contributed by atoms with Gasteiger partial charge in [0, 0.05) is 26.6 Å². The molecule has 1 unspecified atom stereocenters. The summed E-state index contributed by atoms with van der Waals surface area (Å²) < 4.78 is 30.0. The van der Waals surface area contributed by atoms with Crippen molar-refractivity contribution < 1.29 is 13.6 Å². The number of carbonyl (C=O) groups excluding carboxylic acids is 1. The highest BCUT2D eigenvalue weighted by molar-refractivity contribution is 5.78. The first-order chi connectivity index (χ1) is 13.8. The largest absolute Gasteiger partial charge is 0.339 e. The molecule has 0 aliphatic rings. The minimum absolute atomic E-state index is 0.128. The molecule has 7 heteroatoms. The topological polar surface area (TPSA) is 47.2 Å². The van der Waals surface area contributed by atoms with Crippen LogP contribution in [0.5, 0.6) is 0 Å². The summed E-state index contributed by atoms with van der Waals surface area (Å²) in [5.74, 6) is -2.04. The van der Waals surface area contributed by atoms with Gasteiger partial charge >= 0.3 is 5.69 Å². The Kier molecular flexibility index (Phi) is 6.15. The molecular formula is C22H25F2N3O2. The quantitative estimate of drug-likeness (QED) is 0.598. The number of fused-ring (bicyclic) bond motifs is 1. The average Bonchev–Trinajstić information content (AvgIpc) is 2.98. The Bertz CT molecular complexity index is 1090. The van der Waals surface area contributed by atoms with E-state index in [2.05, 4.69) is 0 Å². The van der Waals surface area contributed by atoms with Gasteiger partial charge in [0.25, 0.3) is 0 Å². The van der Waals surface area contributed by atoms with Gasteiger partial charge in [-0.15, -0.1) is 0 Å². The molecule has 154 valence electrons. The highest BCUT2D eigenvalue weighted by atomic mass is 19.2. The van der Waals surface area contributed by atoms with Crippen LogP contribution in [0.2, 0.25) is 0 Å². The Labute approximate surface area is 168 Å². The van der Waals surface area contributed by atoms with Crippen LogP contribution in [0.4, 0.5) is 8.78 Å². The maximum Gasteiger partial charge on any atom is 0.329 e. The summed E-state index contributed by atoms with van der Waals surface area (Å²) >= 11 is 0. The van der Waals surface area contributed by atoms with E-state index in [0.29, 0.717) is 12.1 Å². The molecule has 0 aliphatic heterocycles. The van der Waals surface area contributed by atoms with Crippen molar-refractivity contribution in [2.24, 2.45) is 0 Å². The van der Waals surface area contributed by atoms with Crippen LogP contribution in [0.3, 0.4) is 0 Å². The number of imidazole rings is 1. The fraction of sp³-hybridized carbons (Fsp3) is 0.364. The zero-order valence-corrected chi connectivity index (χ0v) is 16.9. The van der Waals surface area contributed by atoms with Crippen molar-refractivity contribution in [3.8, 4) is 0 Å². The van der Waals surface area contributed by atoms with Gasteiger partial charge in [0.2, 0.25) is 5.91 Å². The average molecular weight is 401 g/mol. The molecule has 1 amide bonds. The third-order valence-electron chi connectivity index (χ3n) is 5.32. The summed E-state index contributed by atoms with van der Waals surface area (Å²) in [6.45, 7) is 4.64. The first kappa shape index (κ1) is 20.8. The number of hydrogen-bond donors (Lipinski definition) is 0. The lowest BCUT2D eigenvalue weighted by atomic mass is 10.1. The molecule has 2 aromatic carbocycles. The lowest BCUT2D eigenvalue weighted by molar-refractivity contribution is -0.132. The normalized spacial score (nSPS) is 12.3. The van der Waals surface area contributed by atoms with Gasteiger partial charge in [-0.3, -0.25) is 13.9 Å². The zero-order chi connectivity index (χ0) is 21.1. The summed E-state index contributed by atoms with van der Waals surface area (Å²) in [5.41, 5.74) is 2.04. The summed E-state index contributed by atoms with van der Waals surface area (Å²) in [4.78, 5) is 27.0. The Morgan fingerprint density at radius 1 is 1.03 bits per heavy atom. The van der Waals surface area contributed by atoms with Crippen molar-refractivity contribution in [3.05, 3.63) is 70.1 Å². The number of rotatable bonds is 7. The number of nitrogens with zero attached hydrogens (tertiary/aromatic N) is 3. The smallest absolute Gasteiger partial charge is 0.329 e. The van der Waals surface area contributed by atoms with Crippen molar-refractivity contribution >= 4 is 16.9 Å². The maximum absolute atomic E-state index is 13.5.